The average Bonchev–Trinajstić information content (AvgIpc) is 2.31. The van der Waals surface area contributed by atoms with E-state index in [9.17, 15) is 18.7 Å². The Hall–Kier alpha value is -1.36. The lowest BCUT2D eigenvalue weighted by Gasteiger charge is -2.21. The minimum absolute atomic E-state index is 0.0197. The molecule has 0 aliphatic carbocycles. The quantitative estimate of drug-likeness (QED) is 0.811. The molecular formula is C12H14ClF2NO2. The summed E-state index contributed by atoms with van der Waals surface area (Å²) in [5.74, 6) is -0.398. The Kier molecular flexibility index (Phi) is 5.85. The van der Waals surface area contributed by atoms with Crippen LogP contribution in [0.1, 0.15) is 5.56 Å². The number of hydrogen-bond acceptors (Lipinski definition) is 2. The van der Waals surface area contributed by atoms with Crippen molar-refractivity contribution >= 4 is 17.5 Å². The van der Waals surface area contributed by atoms with Crippen LogP contribution < -0.4 is 0 Å². The summed E-state index contributed by atoms with van der Waals surface area (Å²) in [6.07, 6.45) is -2.71. The summed E-state index contributed by atoms with van der Waals surface area (Å²) in [7, 11) is 0. The smallest absolute Gasteiger partial charge is 0.255 e. The van der Waals surface area contributed by atoms with E-state index in [0.29, 0.717) is 5.56 Å². The van der Waals surface area contributed by atoms with E-state index in [1.54, 1.807) is 18.2 Å². The fraction of sp³-hybridized carbons (Fsp3) is 0.417. The molecule has 0 unspecified atom stereocenters. The van der Waals surface area contributed by atoms with Crippen LogP contribution in [0.25, 0.3) is 0 Å². The van der Waals surface area contributed by atoms with Crippen LogP contribution in [0.4, 0.5) is 8.78 Å². The number of aromatic hydroxyl groups is 1. The van der Waals surface area contributed by atoms with Gasteiger partial charge in [0.05, 0.1) is 13.0 Å². The van der Waals surface area contributed by atoms with Crippen molar-refractivity contribution in [1.82, 2.24) is 4.90 Å². The molecule has 1 amide bonds. The van der Waals surface area contributed by atoms with Crippen molar-refractivity contribution in [2.75, 3.05) is 19.0 Å². The molecule has 0 saturated heterocycles. The van der Waals surface area contributed by atoms with Gasteiger partial charge >= 0.3 is 0 Å². The minimum Gasteiger partial charge on any atom is -0.508 e. The first-order chi connectivity index (χ1) is 8.54. The molecule has 0 heterocycles. The number of carbonyl (C=O) groups excluding carboxylic acids is 1. The molecule has 3 nitrogen and oxygen atoms in total. The Morgan fingerprint density at radius 2 is 2.06 bits per heavy atom. The predicted octanol–water partition coefficient (Wildman–Crippen LogP) is 2.27. The van der Waals surface area contributed by atoms with Gasteiger partial charge in [-0.2, -0.15) is 0 Å². The highest BCUT2D eigenvalue weighted by Gasteiger charge is 2.18. The second-order valence-electron chi connectivity index (χ2n) is 3.73. The molecular weight excluding hydrogens is 264 g/mol. The SMILES string of the molecule is O=C(Cc1ccccc1O)N(CCCl)CC(F)F. The molecule has 1 rings (SSSR count). The van der Waals surface area contributed by atoms with E-state index in [4.69, 9.17) is 11.6 Å². The number of hydrogen-bond donors (Lipinski definition) is 1. The molecule has 0 saturated carbocycles. The standard InChI is InChI=1S/C12H14ClF2NO2/c13-5-6-16(8-11(14)15)12(18)7-9-3-1-2-4-10(9)17/h1-4,11,17H,5-8H2. The summed E-state index contributed by atoms with van der Waals surface area (Å²) >= 11 is 5.47. The molecule has 0 bridgehead atoms. The first-order valence-electron chi connectivity index (χ1n) is 5.43. The third-order valence-corrected chi connectivity index (χ3v) is 2.57. The molecule has 1 N–H and O–H groups in total. The number of carbonyl (C=O) groups is 1. The number of amides is 1. The molecule has 0 aliphatic rings. The van der Waals surface area contributed by atoms with Crippen molar-refractivity contribution in [2.45, 2.75) is 12.8 Å². The zero-order chi connectivity index (χ0) is 13.5. The molecule has 0 fully saturated rings. The first kappa shape index (κ1) is 14.7. The number of phenols is 1. The fourth-order valence-electron chi connectivity index (χ4n) is 1.52. The van der Waals surface area contributed by atoms with Crippen molar-refractivity contribution < 1.29 is 18.7 Å². The highest BCUT2D eigenvalue weighted by Crippen LogP contribution is 2.17. The van der Waals surface area contributed by atoms with Gasteiger partial charge in [0, 0.05) is 18.0 Å². The summed E-state index contributed by atoms with van der Waals surface area (Å²) in [6.45, 7) is -0.572. The van der Waals surface area contributed by atoms with Gasteiger partial charge in [0.1, 0.15) is 5.75 Å². The highest BCUT2D eigenvalue weighted by molar-refractivity contribution is 6.18. The van der Waals surface area contributed by atoms with E-state index in [2.05, 4.69) is 0 Å². The second-order valence-corrected chi connectivity index (χ2v) is 4.10. The zero-order valence-electron chi connectivity index (χ0n) is 9.65. The van der Waals surface area contributed by atoms with Crippen LogP contribution >= 0.6 is 11.6 Å². The molecule has 0 radical (unpaired) electrons. The van der Waals surface area contributed by atoms with E-state index >= 15 is 0 Å². The number of halogens is 3. The van der Waals surface area contributed by atoms with Crippen LogP contribution in [0.15, 0.2) is 24.3 Å². The lowest BCUT2D eigenvalue weighted by atomic mass is 10.1. The van der Waals surface area contributed by atoms with E-state index in [1.807, 2.05) is 0 Å². The van der Waals surface area contributed by atoms with Crippen molar-refractivity contribution in [3.8, 4) is 5.75 Å². The number of phenolic OH excluding ortho intramolecular Hbond substituents is 1. The lowest BCUT2D eigenvalue weighted by Crippen LogP contribution is -2.37. The molecule has 6 heteroatoms. The Morgan fingerprint density at radius 1 is 1.39 bits per heavy atom. The van der Waals surface area contributed by atoms with Crippen LogP contribution in [0.2, 0.25) is 0 Å². The van der Waals surface area contributed by atoms with E-state index < -0.39 is 18.9 Å². The zero-order valence-corrected chi connectivity index (χ0v) is 10.4. The number of alkyl halides is 3. The summed E-state index contributed by atoms with van der Waals surface area (Å²) in [6, 6.07) is 6.32. The van der Waals surface area contributed by atoms with Gasteiger partial charge < -0.3 is 10.0 Å². The van der Waals surface area contributed by atoms with Crippen molar-refractivity contribution in [2.24, 2.45) is 0 Å². The number of benzene rings is 1. The van der Waals surface area contributed by atoms with Crippen LogP contribution in [-0.2, 0) is 11.2 Å². The maximum absolute atomic E-state index is 12.3. The van der Waals surface area contributed by atoms with Gasteiger partial charge in [0.25, 0.3) is 6.43 Å². The molecule has 1 aromatic carbocycles. The van der Waals surface area contributed by atoms with Crippen LogP contribution in [0.5, 0.6) is 5.75 Å². The summed E-state index contributed by atoms with van der Waals surface area (Å²) in [4.78, 5) is 12.8. The van der Waals surface area contributed by atoms with E-state index in [0.717, 1.165) is 4.90 Å². The second kappa shape index (κ2) is 7.16. The monoisotopic (exact) mass is 277 g/mol. The van der Waals surface area contributed by atoms with Gasteiger partial charge in [-0.05, 0) is 6.07 Å². The van der Waals surface area contributed by atoms with E-state index in [-0.39, 0.29) is 24.6 Å². The molecule has 0 atom stereocenters. The van der Waals surface area contributed by atoms with E-state index in [1.165, 1.54) is 6.07 Å². The molecule has 0 spiro atoms. The van der Waals surface area contributed by atoms with Crippen LogP contribution in [0.3, 0.4) is 0 Å². The summed E-state index contributed by atoms with van der Waals surface area (Å²) < 4.78 is 24.6. The number of rotatable bonds is 6. The first-order valence-corrected chi connectivity index (χ1v) is 5.96. The summed E-state index contributed by atoms with van der Waals surface area (Å²) in [5.41, 5.74) is 0.413. The normalized spacial score (nSPS) is 10.7. The van der Waals surface area contributed by atoms with Crippen LogP contribution in [-0.4, -0.2) is 41.3 Å². The van der Waals surface area contributed by atoms with Crippen molar-refractivity contribution in [3.05, 3.63) is 29.8 Å². The highest BCUT2D eigenvalue weighted by atomic mass is 35.5. The average molecular weight is 278 g/mol. The number of para-hydroxylation sites is 1. The molecule has 100 valence electrons. The Balaban J connectivity index is 2.69. The maximum atomic E-state index is 12.3. The Bertz CT molecular complexity index is 401. The third kappa shape index (κ3) is 4.49. The topological polar surface area (TPSA) is 40.5 Å². The fourth-order valence-corrected chi connectivity index (χ4v) is 1.73. The van der Waals surface area contributed by atoms with Crippen LogP contribution in [0, 0.1) is 0 Å². The van der Waals surface area contributed by atoms with Gasteiger partial charge in [-0.25, -0.2) is 8.78 Å². The van der Waals surface area contributed by atoms with Crippen molar-refractivity contribution in [3.63, 3.8) is 0 Å². The molecule has 0 aromatic heterocycles. The Morgan fingerprint density at radius 3 is 2.61 bits per heavy atom. The Labute approximate surface area is 109 Å². The molecule has 18 heavy (non-hydrogen) atoms. The third-order valence-electron chi connectivity index (χ3n) is 2.40. The lowest BCUT2D eigenvalue weighted by molar-refractivity contribution is -0.132. The molecule has 1 aromatic rings. The maximum Gasteiger partial charge on any atom is 0.255 e. The van der Waals surface area contributed by atoms with Gasteiger partial charge in [0.15, 0.2) is 0 Å². The minimum atomic E-state index is -2.60. The molecule has 0 aliphatic heterocycles. The van der Waals surface area contributed by atoms with Gasteiger partial charge in [-0.15, -0.1) is 11.6 Å². The van der Waals surface area contributed by atoms with Crippen molar-refractivity contribution in [1.29, 1.82) is 0 Å². The largest absolute Gasteiger partial charge is 0.508 e. The summed E-state index contributed by atoms with van der Waals surface area (Å²) in [5, 5.41) is 9.51. The predicted molar refractivity (Wildman–Crippen MR) is 65.1 cm³/mol. The number of nitrogens with zero attached hydrogens (tertiary/aromatic N) is 1. The van der Waals surface area contributed by atoms with Gasteiger partial charge in [-0.1, -0.05) is 18.2 Å². The van der Waals surface area contributed by atoms with Gasteiger partial charge in [0.2, 0.25) is 5.91 Å². The van der Waals surface area contributed by atoms with Gasteiger partial charge in [-0.3, -0.25) is 4.79 Å².